The summed E-state index contributed by atoms with van der Waals surface area (Å²) in [7, 11) is 0. The van der Waals surface area contributed by atoms with Crippen molar-refractivity contribution in [3.63, 3.8) is 0 Å². The highest BCUT2D eigenvalue weighted by atomic mass is 32.1. The first-order chi connectivity index (χ1) is 6.59. The van der Waals surface area contributed by atoms with E-state index in [-0.39, 0.29) is 30.2 Å². The number of hydrogen-bond donors (Lipinski definition) is 0. The number of thiophene rings is 1. The third-order valence-corrected chi connectivity index (χ3v) is 2.51. The van der Waals surface area contributed by atoms with Gasteiger partial charge in [-0.15, -0.1) is 11.3 Å². The molecule has 74 valence electrons. The van der Waals surface area contributed by atoms with Crippen LogP contribution in [0, 0.1) is 0 Å². The molecule has 0 unspecified atom stereocenters. The van der Waals surface area contributed by atoms with Gasteiger partial charge in [0.15, 0.2) is 5.78 Å². The lowest BCUT2D eigenvalue weighted by Gasteiger charge is -1.95. The molecule has 1 aromatic heterocycles. The summed E-state index contributed by atoms with van der Waals surface area (Å²) in [5.41, 5.74) is 0. The molecule has 0 aliphatic carbocycles. The van der Waals surface area contributed by atoms with Crippen LogP contribution in [0.1, 0.15) is 29.4 Å². The van der Waals surface area contributed by atoms with Crippen LogP contribution in [0.2, 0.25) is 0 Å². The fourth-order valence-electron chi connectivity index (χ4n) is 1.04. The Kier molecular flexibility index (Phi) is 3.71. The van der Waals surface area contributed by atoms with E-state index in [1.807, 2.05) is 0 Å². The van der Waals surface area contributed by atoms with Gasteiger partial charge in [-0.2, -0.15) is 0 Å². The number of rotatable bonds is 5. The SMILES string of the molecule is CC(=O)CC(=O)CC(=O)c1cccs1. The van der Waals surface area contributed by atoms with Gasteiger partial charge < -0.3 is 0 Å². The molecule has 0 aliphatic rings. The van der Waals surface area contributed by atoms with Gasteiger partial charge in [0.05, 0.1) is 17.7 Å². The first-order valence-electron chi connectivity index (χ1n) is 4.17. The summed E-state index contributed by atoms with van der Waals surface area (Å²) in [5, 5.41) is 1.78. The van der Waals surface area contributed by atoms with E-state index in [0.29, 0.717) is 4.88 Å². The van der Waals surface area contributed by atoms with Crippen LogP contribution in [-0.4, -0.2) is 17.3 Å². The van der Waals surface area contributed by atoms with Crippen molar-refractivity contribution >= 4 is 28.7 Å². The van der Waals surface area contributed by atoms with Gasteiger partial charge in [0.2, 0.25) is 0 Å². The highest BCUT2D eigenvalue weighted by Gasteiger charge is 2.13. The number of ketones is 3. The molecule has 1 aromatic rings. The maximum Gasteiger partial charge on any atom is 0.180 e. The zero-order chi connectivity index (χ0) is 10.6. The van der Waals surface area contributed by atoms with Crippen LogP contribution < -0.4 is 0 Å². The zero-order valence-electron chi connectivity index (χ0n) is 7.78. The van der Waals surface area contributed by atoms with E-state index in [4.69, 9.17) is 0 Å². The van der Waals surface area contributed by atoms with Gasteiger partial charge in [-0.3, -0.25) is 14.4 Å². The van der Waals surface area contributed by atoms with E-state index in [2.05, 4.69) is 0 Å². The van der Waals surface area contributed by atoms with Crippen LogP contribution >= 0.6 is 11.3 Å². The zero-order valence-corrected chi connectivity index (χ0v) is 8.60. The van der Waals surface area contributed by atoms with E-state index >= 15 is 0 Å². The van der Waals surface area contributed by atoms with Crippen molar-refractivity contribution in [2.45, 2.75) is 19.8 Å². The largest absolute Gasteiger partial charge is 0.300 e. The van der Waals surface area contributed by atoms with Crippen molar-refractivity contribution in [3.8, 4) is 0 Å². The molecule has 0 N–H and O–H groups in total. The van der Waals surface area contributed by atoms with Crippen molar-refractivity contribution < 1.29 is 14.4 Å². The minimum atomic E-state index is -0.309. The van der Waals surface area contributed by atoms with Crippen LogP contribution in [-0.2, 0) is 9.59 Å². The van der Waals surface area contributed by atoms with Gasteiger partial charge in [0, 0.05) is 0 Å². The number of carbonyl (C=O) groups excluding carboxylic acids is 3. The monoisotopic (exact) mass is 210 g/mol. The average Bonchev–Trinajstić information content (AvgIpc) is 2.53. The Morgan fingerprint density at radius 2 is 2.00 bits per heavy atom. The van der Waals surface area contributed by atoms with Gasteiger partial charge in [0.1, 0.15) is 11.6 Å². The van der Waals surface area contributed by atoms with E-state index < -0.39 is 0 Å². The predicted molar refractivity (Wildman–Crippen MR) is 53.6 cm³/mol. The van der Waals surface area contributed by atoms with Gasteiger partial charge in [-0.05, 0) is 18.4 Å². The highest BCUT2D eigenvalue weighted by Crippen LogP contribution is 2.11. The first kappa shape index (κ1) is 10.8. The number of Topliss-reactive ketones (excluding diaryl/α,β-unsaturated/α-hetero) is 3. The molecule has 0 amide bonds. The molecular weight excluding hydrogens is 200 g/mol. The van der Waals surface area contributed by atoms with Gasteiger partial charge in [0.25, 0.3) is 0 Å². The average molecular weight is 210 g/mol. The molecule has 1 heterocycles. The van der Waals surface area contributed by atoms with Crippen LogP contribution in [0.4, 0.5) is 0 Å². The summed E-state index contributed by atoms with van der Waals surface area (Å²) in [6.45, 7) is 1.34. The van der Waals surface area contributed by atoms with E-state index in [1.54, 1.807) is 17.5 Å². The molecule has 0 aliphatic heterocycles. The Bertz CT molecular complexity index is 351. The smallest absolute Gasteiger partial charge is 0.180 e. The molecule has 0 saturated heterocycles. The van der Waals surface area contributed by atoms with Gasteiger partial charge >= 0.3 is 0 Å². The van der Waals surface area contributed by atoms with Crippen LogP contribution in [0.25, 0.3) is 0 Å². The molecule has 3 nitrogen and oxygen atoms in total. The van der Waals surface area contributed by atoms with E-state index in [9.17, 15) is 14.4 Å². The van der Waals surface area contributed by atoms with Crippen molar-refractivity contribution in [2.75, 3.05) is 0 Å². The topological polar surface area (TPSA) is 51.2 Å². The molecule has 0 spiro atoms. The van der Waals surface area contributed by atoms with Gasteiger partial charge in [-0.25, -0.2) is 0 Å². The number of hydrogen-bond acceptors (Lipinski definition) is 4. The molecule has 0 radical (unpaired) electrons. The van der Waals surface area contributed by atoms with Crippen molar-refractivity contribution in [3.05, 3.63) is 22.4 Å². The Hall–Kier alpha value is -1.29. The summed E-state index contributed by atoms with van der Waals surface area (Å²) in [6, 6.07) is 3.43. The molecule has 14 heavy (non-hydrogen) atoms. The summed E-state index contributed by atoms with van der Waals surface area (Å²) < 4.78 is 0. The van der Waals surface area contributed by atoms with Crippen LogP contribution in [0.3, 0.4) is 0 Å². The standard InChI is InChI=1S/C10H10O3S/c1-7(11)5-8(12)6-9(13)10-3-2-4-14-10/h2-4H,5-6H2,1H3. The first-order valence-corrected chi connectivity index (χ1v) is 5.05. The summed E-state index contributed by atoms with van der Waals surface area (Å²) >= 11 is 1.31. The summed E-state index contributed by atoms with van der Waals surface area (Å²) in [6.07, 6.45) is -0.308. The fourth-order valence-corrected chi connectivity index (χ4v) is 1.71. The second-order valence-electron chi connectivity index (χ2n) is 2.99. The Morgan fingerprint density at radius 3 is 2.50 bits per heavy atom. The quantitative estimate of drug-likeness (QED) is 0.550. The van der Waals surface area contributed by atoms with Crippen LogP contribution in [0.15, 0.2) is 17.5 Å². The minimum absolute atomic E-state index is 0.142. The van der Waals surface area contributed by atoms with Crippen LogP contribution in [0.5, 0.6) is 0 Å². The van der Waals surface area contributed by atoms with Gasteiger partial charge in [-0.1, -0.05) is 6.07 Å². The molecule has 0 atom stereocenters. The maximum atomic E-state index is 11.4. The number of carbonyl (C=O) groups is 3. The van der Waals surface area contributed by atoms with Crippen molar-refractivity contribution in [1.29, 1.82) is 0 Å². The van der Waals surface area contributed by atoms with Crippen molar-refractivity contribution in [1.82, 2.24) is 0 Å². The Balaban J connectivity index is 2.50. The van der Waals surface area contributed by atoms with E-state index in [1.165, 1.54) is 18.3 Å². The summed E-state index contributed by atoms with van der Waals surface area (Å²) in [5.74, 6) is -0.712. The molecular formula is C10H10O3S. The minimum Gasteiger partial charge on any atom is -0.300 e. The van der Waals surface area contributed by atoms with E-state index in [0.717, 1.165) is 0 Å². The molecule has 4 heteroatoms. The third-order valence-electron chi connectivity index (χ3n) is 1.60. The molecule has 0 bridgehead atoms. The lowest BCUT2D eigenvalue weighted by molar-refractivity contribution is -0.125. The molecule has 1 rings (SSSR count). The predicted octanol–water partition coefficient (Wildman–Crippen LogP) is 1.87. The normalized spacial score (nSPS) is 9.79. The molecule has 0 fully saturated rings. The second-order valence-corrected chi connectivity index (χ2v) is 3.94. The fraction of sp³-hybridized carbons (Fsp3) is 0.300. The Morgan fingerprint density at radius 1 is 1.29 bits per heavy atom. The lowest BCUT2D eigenvalue weighted by Crippen LogP contribution is -2.10. The second kappa shape index (κ2) is 4.81. The molecule has 0 saturated carbocycles. The lowest BCUT2D eigenvalue weighted by atomic mass is 10.1. The highest BCUT2D eigenvalue weighted by molar-refractivity contribution is 7.12. The summed E-state index contributed by atoms with van der Waals surface area (Å²) in [4.78, 5) is 33.7. The van der Waals surface area contributed by atoms with Crippen molar-refractivity contribution in [2.24, 2.45) is 0 Å². The molecule has 0 aromatic carbocycles. The maximum absolute atomic E-state index is 11.4. The Labute approximate surface area is 85.7 Å². The third kappa shape index (κ3) is 3.22.